The molecule has 12 heteroatoms. The molecule has 0 aliphatic heterocycles. The summed E-state index contributed by atoms with van der Waals surface area (Å²) < 4.78 is 0. The number of nitro benzene ring substituents is 2. The number of nitro groups is 2. The minimum atomic E-state index is -0.880. The van der Waals surface area contributed by atoms with Crippen molar-refractivity contribution in [3.63, 3.8) is 0 Å². The lowest BCUT2D eigenvalue weighted by Crippen LogP contribution is -2.30. The number of nitrogens with one attached hydrogen (secondary N) is 2. The van der Waals surface area contributed by atoms with E-state index in [9.17, 15) is 25.0 Å². The zero-order chi connectivity index (χ0) is 21.0. The molecule has 0 heterocycles. The number of benzene rings is 1. The minimum absolute atomic E-state index is 0.0631. The maximum absolute atomic E-state index is 12.2. The van der Waals surface area contributed by atoms with Crippen molar-refractivity contribution in [3.8, 4) is 0 Å². The third-order valence-electron chi connectivity index (χ3n) is 3.13. The van der Waals surface area contributed by atoms with Gasteiger partial charge in [0.1, 0.15) is 5.69 Å². The van der Waals surface area contributed by atoms with E-state index in [2.05, 4.69) is 10.6 Å². The molecular formula is C15H23Cl2N5O5. The molecule has 0 saturated carbocycles. The molecule has 0 fully saturated rings. The van der Waals surface area contributed by atoms with E-state index in [4.69, 9.17) is 23.2 Å². The van der Waals surface area contributed by atoms with Crippen molar-refractivity contribution in [1.29, 1.82) is 0 Å². The zero-order valence-electron chi connectivity index (χ0n) is 15.3. The number of rotatable bonds is 9. The first-order chi connectivity index (χ1) is 12.8. The van der Waals surface area contributed by atoms with Crippen LogP contribution < -0.4 is 15.5 Å². The maximum Gasteiger partial charge on any atom is 0.312 e. The van der Waals surface area contributed by atoms with Crippen molar-refractivity contribution in [2.45, 2.75) is 6.92 Å². The number of nitrogens with zero attached hydrogens (tertiary/aromatic N) is 3. The van der Waals surface area contributed by atoms with Gasteiger partial charge in [-0.1, -0.05) is 0 Å². The van der Waals surface area contributed by atoms with Gasteiger partial charge in [-0.2, -0.15) is 0 Å². The molecule has 0 aliphatic rings. The van der Waals surface area contributed by atoms with E-state index in [0.29, 0.717) is 0 Å². The quantitative estimate of drug-likeness (QED) is 0.354. The molecule has 1 aromatic rings. The second kappa shape index (κ2) is 13.1. The van der Waals surface area contributed by atoms with E-state index in [0.717, 1.165) is 6.07 Å². The van der Waals surface area contributed by atoms with Crippen LogP contribution in [-0.2, 0) is 0 Å². The standard InChI is InChI=1S/C13H16Cl2N4O5.C2H7N/c1-2-16-13(20)11-9(18(21)22)3-4-10(12(11)19(23)24)17(7-5-14)8-6-15;1-3-2/h3-4H,2,5-8H2,1H3,(H,16,20);3H,1-2H3. The SMILES string of the molecule is CCNC(=O)c1c([N+](=O)[O-])ccc(N(CCCl)CCCl)c1[N+](=O)[O-].CNC. The highest BCUT2D eigenvalue weighted by molar-refractivity contribution is 6.18. The summed E-state index contributed by atoms with van der Waals surface area (Å²) in [6.07, 6.45) is 0. The number of hydrogen-bond donors (Lipinski definition) is 2. The smallest absolute Gasteiger partial charge is 0.312 e. The van der Waals surface area contributed by atoms with Gasteiger partial charge in [-0.15, -0.1) is 23.2 Å². The zero-order valence-corrected chi connectivity index (χ0v) is 16.8. The highest BCUT2D eigenvalue weighted by atomic mass is 35.5. The van der Waals surface area contributed by atoms with E-state index in [1.807, 2.05) is 14.1 Å². The number of alkyl halides is 2. The second-order valence-electron chi connectivity index (χ2n) is 5.07. The van der Waals surface area contributed by atoms with Gasteiger partial charge in [0.05, 0.1) is 9.85 Å². The van der Waals surface area contributed by atoms with E-state index in [1.165, 1.54) is 11.0 Å². The molecule has 0 aromatic heterocycles. The Morgan fingerprint density at radius 2 is 1.63 bits per heavy atom. The lowest BCUT2D eigenvalue weighted by atomic mass is 10.1. The fourth-order valence-corrected chi connectivity index (χ4v) is 2.60. The number of carbonyl (C=O) groups is 1. The summed E-state index contributed by atoms with van der Waals surface area (Å²) in [6, 6.07) is 2.31. The Bertz CT molecular complexity index is 654. The Morgan fingerprint density at radius 3 is 2.00 bits per heavy atom. The van der Waals surface area contributed by atoms with Crippen LogP contribution in [0.25, 0.3) is 0 Å². The van der Waals surface area contributed by atoms with Crippen molar-refractivity contribution in [2.24, 2.45) is 0 Å². The van der Waals surface area contributed by atoms with Crippen LogP contribution in [0.15, 0.2) is 12.1 Å². The van der Waals surface area contributed by atoms with Crippen LogP contribution >= 0.6 is 23.2 Å². The van der Waals surface area contributed by atoms with E-state index >= 15 is 0 Å². The number of carbonyl (C=O) groups excluding carboxylic acids is 1. The van der Waals surface area contributed by atoms with Gasteiger partial charge in [-0.25, -0.2) is 0 Å². The fourth-order valence-electron chi connectivity index (χ4n) is 2.19. The summed E-state index contributed by atoms with van der Waals surface area (Å²) in [6.45, 7) is 2.25. The predicted octanol–water partition coefficient (Wildman–Crippen LogP) is 2.37. The Balaban J connectivity index is 0.00000210. The molecule has 0 atom stereocenters. The molecule has 152 valence electrons. The molecule has 1 aromatic carbocycles. The topological polar surface area (TPSA) is 131 Å². The summed E-state index contributed by atoms with van der Waals surface area (Å²) in [7, 11) is 3.75. The van der Waals surface area contributed by atoms with Gasteiger partial charge in [0.2, 0.25) is 0 Å². The van der Waals surface area contributed by atoms with E-state index in [-0.39, 0.29) is 37.1 Å². The highest BCUT2D eigenvalue weighted by Crippen LogP contribution is 2.37. The van der Waals surface area contributed by atoms with Crippen LogP contribution in [-0.4, -0.2) is 61.2 Å². The highest BCUT2D eigenvalue weighted by Gasteiger charge is 2.35. The van der Waals surface area contributed by atoms with Gasteiger partial charge in [-0.05, 0) is 27.1 Å². The van der Waals surface area contributed by atoms with Crippen molar-refractivity contribution in [1.82, 2.24) is 10.6 Å². The first kappa shape index (κ1) is 24.8. The molecule has 0 saturated heterocycles. The molecule has 1 amide bonds. The molecule has 0 bridgehead atoms. The summed E-state index contributed by atoms with van der Waals surface area (Å²) in [4.78, 5) is 34.8. The largest absolute Gasteiger partial charge is 0.364 e. The van der Waals surface area contributed by atoms with Crippen molar-refractivity contribution in [2.75, 3.05) is 50.4 Å². The molecule has 27 heavy (non-hydrogen) atoms. The van der Waals surface area contributed by atoms with Crippen LogP contribution in [0, 0.1) is 20.2 Å². The molecule has 1 rings (SSSR count). The Morgan fingerprint density at radius 1 is 1.11 bits per heavy atom. The van der Waals surface area contributed by atoms with Crippen LogP contribution in [0.1, 0.15) is 17.3 Å². The van der Waals surface area contributed by atoms with Crippen LogP contribution in [0.2, 0.25) is 0 Å². The summed E-state index contributed by atoms with van der Waals surface area (Å²) in [5.41, 5.74) is -1.79. The van der Waals surface area contributed by atoms with Gasteiger partial charge in [0.25, 0.3) is 11.6 Å². The number of hydrogen-bond acceptors (Lipinski definition) is 7. The lowest BCUT2D eigenvalue weighted by molar-refractivity contribution is -0.394. The number of amides is 1. The summed E-state index contributed by atoms with van der Waals surface area (Å²) in [5.74, 6) is -0.544. The van der Waals surface area contributed by atoms with Gasteiger partial charge >= 0.3 is 5.69 Å². The molecule has 0 radical (unpaired) electrons. The van der Waals surface area contributed by atoms with Crippen LogP contribution in [0.4, 0.5) is 17.1 Å². The average Bonchev–Trinajstić information content (AvgIpc) is 2.61. The molecule has 10 nitrogen and oxygen atoms in total. The van der Waals surface area contributed by atoms with Crippen LogP contribution in [0.5, 0.6) is 0 Å². The van der Waals surface area contributed by atoms with Gasteiger partial charge in [0, 0.05) is 37.5 Å². The Hall–Kier alpha value is -2.17. The monoisotopic (exact) mass is 423 g/mol. The fraction of sp³-hybridized carbons (Fsp3) is 0.533. The summed E-state index contributed by atoms with van der Waals surface area (Å²) in [5, 5.41) is 27.8. The van der Waals surface area contributed by atoms with Crippen LogP contribution in [0.3, 0.4) is 0 Å². The first-order valence-electron chi connectivity index (χ1n) is 7.99. The third-order valence-corrected chi connectivity index (χ3v) is 3.47. The second-order valence-corrected chi connectivity index (χ2v) is 5.82. The number of halogens is 2. The predicted molar refractivity (Wildman–Crippen MR) is 106 cm³/mol. The van der Waals surface area contributed by atoms with E-state index in [1.54, 1.807) is 6.92 Å². The normalized spacial score (nSPS) is 9.81. The first-order valence-corrected chi connectivity index (χ1v) is 9.06. The van der Waals surface area contributed by atoms with Crippen molar-refractivity contribution < 1.29 is 14.6 Å². The molecule has 0 unspecified atom stereocenters. The van der Waals surface area contributed by atoms with Gasteiger partial charge < -0.3 is 15.5 Å². The molecule has 2 N–H and O–H groups in total. The molecule has 0 aliphatic carbocycles. The Labute approximate surface area is 167 Å². The third kappa shape index (κ3) is 7.16. The minimum Gasteiger partial charge on any atom is -0.364 e. The summed E-state index contributed by atoms with van der Waals surface area (Å²) >= 11 is 11.4. The molecular weight excluding hydrogens is 401 g/mol. The maximum atomic E-state index is 12.2. The van der Waals surface area contributed by atoms with E-state index < -0.39 is 32.7 Å². The Kier molecular flexibility index (Phi) is 12.0. The van der Waals surface area contributed by atoms with Gasteiger partial charge in [0.15, 0.2) is 5.56 Å². The lowest BCUT2D eigenvalue weighted by Gasteiger charge is -2.23. The number of anilines is 1. The van der Waals surface area contributed by atoms with Gasteiger partial charge in [-0.3, -0.25) is 25.0 Å². The van der Waals surface area contributed by atoms with Crippen molar-refractivity contribution >= 4 is 46.2 Å². The average molecular weight is 424 g/mol. The molecule has 0 spiro atoms. The van der Waals surface area contributed by atoms with Crippen molar-refractivity contribution in [3.05, 3.63) is 37.9 Å².